The molecule has 62 heavy (non-hydrogen) atoms. The van der Waals surface area contributed by atoms with Gasteiger partial charge in [-0.1, -0.05) is 166 Å². The number of thiophene rings is 1. The van der Waals surface area contributed by atoms with Crippen LogP contribution in [0, 0.1) is 0 Å². The van der Waals surface area contributed by atoms with E-state index < -0.39 is 0 Å². The summed E-state index contributed by atoms with van der Waals surface area (Å²) in [4.78, 5) is 4.84. The van der Waals surface area contributed by atoms with Gasteiger partial charge in [-0.3, -0.25) is 0 Å². The van der Waals surface area contributed by atoms with Crippen LogP contribution in [0.3, 0.4) is 0 Å². The summed E-state index contributed by atoms with van der Waals surface area (Å²) in [5.41, 5.74) is 14.6. The number of para-hydroxylation sites is 3. The van der Waals surface area contributed by atoms with Crippen molar-refractivity contribution in [2.75, 3.05) is 9.80 Å². The van der Waals surface area contributed by atoms with Crippen LogP contribution in [0.5, 0.6) is 0 Å². The molecule has 0 atom stereocenters. The van der Waals surface area contributed by atoms with Crippen molar-refractivity contribution in [2.24, 2.45) is 0 Å². The van der Waals surface area contributed by atoms with E-state index in [1.54, 1.807) is 0 Å². The summed E-state index contributed by atoms with van der Waals surface area (Å²) in [7, 11) is 0. The molecule has 1 heterocycles. The quantitative estimate of drug-likeness (QED) is 0.148. The number of anilines is 6. The Kier molecular flexibility index (Phi) is 8.41. The van der Waals surface area contributed by atoms with Crippen LogP contribution in [-0.2, 0) is 5.41 Å². The van der Waals surface area contributed by atoms with Crippen LogP contribution in [-0.4, -0.2) is 0 Å². The monoisotopic (exact) mass is 810 g/mol. The Hall–Kier alpha value is -7.46. The molecule has 1 aliphatic rings. The van der Waals surface area contributed by atoms with Crippen molar-refractivity contribution in [1.82, 2.24) is 0 Å². The fourth-order valence-corrected chi connectivity index (χ4v) is 11.4. The Morgan fingerprint density at radius 2 is 0.903 bits per heavy atom. The Morgan fingerprint density at radius 1 is 0.355 bits per heavy atom. The fraction of sp³-hybridized carbons (Fsp3) is 0.0508. The first-order chi connectivity index (χ1) is 30.5. The lowest BCUT2D eigenvalue weighted by Crippen LogP contribution is -2.16. The van der Waals surface area contributed by atoms with Crippen LogP contribution in [0.4, 0.5) is 34.1 Å². The molecule has 11 aromatic rings. The largest absolute Gasteiger partial charge is 0.310 e. The summed E-state index contributed by atoms with van der Waals surface area (Å²) >= 11 is 1.90. The van der Waals surface area contributed by atoms with Gasteiger partial charge < -0.3 is 9.80 Å². The molecule has 294 valence electrons. The molecule has 2 nitrogen and oxygen atoms in total. The molecule has 0 bridgehead atoms. The zero-order valence-electron chi connectivity index (χ0n) is 34.6. The highest BCUT2D eigenvalue weighted by atomic mass is 32.1. The lowest BCUT2D eigenvalue weighted by molar-refractivity contribution is 0.660. The summed E-state index contributed by atoms with van der Waals surface area (Å²) < 4.78 is 2.58. The summed E-state index contributed by atoms with van der Waals surface area (Å²) in [5.74, 6) is 0. The maximum Gasteiger partial charge on any atom is 0.0540 e. The number of fused-ring (bicyclic) bond motifs is 11. The highest BCUT2D eigenvalue weighted by Gasteiger charge is 2.35. The molecule has 0 amide bonds. The van der Waals surface area contributed by atoms with Gasteiger partial charge in [0.25, 0.3) is 0 Å². The molecule has 1 aromatic heterocycles. The summed E-state index contributed by atoms with van der Waals surface area (Å²) in [5, 5.41) is 7.69. The van der Waals surface area contributed by atoms with Gasteiger partial charge in [-0.05, 0) is 111 Å². The van der Waals surface area contributed by atoms with Gasteiger partial charge in [-0.15, -0.1) is 11.3 Å². The molecule has 10 aromatic carbocycles. The molecule has 12 rings (SSSR count). The van der Waals surface area contributed by atoms with Crippen molar-refractivity contribution in [3.05, 3.63) is 230 Å². The van der Waals surface area contributed by atoms with E-state index in [1.165, 1.54) is 75.1 Å². The minimum atomic E-state index is -0.0973. The number of hydrogen-bond donors (Lipinski definition) is 0. The van der Waals surface area contributed by atoms with E-state index in [2.05, 4.69) is 242 Å². The Bertz CT molecular complexity index is 3500. The first kappa shape index (κ1) is 36.4. The predicted octanol–water partition coefficient (Wildman–Crippen LogP) is 17.3. The topological polar surface area (TPSA) is 6.48 Å². The molecule has 0 saturated carbocycles. The van der Waals surface area contributed by atoms with Gasteiger partial charge in [0.2, 0.25) is 0 Å². The van der Waals surface area contributed by atoms with E-state index in [0.29, 0.717) is 0 Å². The first-order valence-electron chi connectivity index (χ1n) is 21.4. The first-order valence-corrected chi connectivity index (χ1v) is 22.2. The minimum Gasteiger partial charge on any atom is -0.310 e. The van der Waals surface area contributed by atoms with Crippen LogP contribution >= 0.6 is 11.3 Å². The third-order valence-electron chi connectivity index (χ3n) is 13.0. The van der Waals surface area contributed by atoms with E-state index in [-0.39, 0.29) is 5.41 Å². The third kappa shape index (κ3) is 5.70. The van der Waals surface area contributed by atoms with Crippen LogP contribution in [0.15, 0.2) is 218 Å². The van der Waals surface area contributed by atoms with Crippen molar-refractivity contribution in [3.8, 4) is 22.3 Å². The van der Waals surface area contributed by atoms with Gasteiger partial charge in [0.05, 0.1) is 5.69 Å². The molecule has 0 spiro atoms. The van der Waals surface area contributed by atoms with Crippen LogP contribution < -0.4 is 9.80 Å². The van der Waals surface area contributed by atoms with Gasteiger partial charge >= 0.3 is 0 Å². The van der Waals surface area contributed by atoms with Crippen LogP contribution in [0.1, 0.15) is 25.0 Å². The fourth-order valence-electron chi connectivity index (χ4n) is 10.1. The zero-order valence-corrected chi connectivity index (χ0v) is 35.4. The Balaban J connectivity index is 1.04. The SMILES string of the molecule is CC1(C)c2ccccc2-c2ccc(N(c3ccccc3)c3ccc4c(c3)c3ccccc3c3c5ccc(N(c6ccccc6)c6ccccc6-c6ccccc6)cc5sc43)cc21. The van der Waals surface area contributed by atoms with Crippen molar-refractivity contribution < 1.29 is 0 Å². The molecule has 0 N–H and O–H groups in total. The second kappa shape index (κ2) is 14.3. The number of benzene rings is 10. The zero-order chi connectivity index (χ0) is 41.4. The van der Waals surface area contributed by atoms with Gasteiger partial charge in [-0.25, -0.2) is 0 Å². The normalized spacial score (nSPS) is 12.8. The van der Waals surface area contributed by atoms with E-state index in [4.69, 9.17) is 0 Å². The highest BCUT2D eigenvalue weighted by Crippen LogP contribution is 2.52. The van der Waals surface area contributed by atoms with Crippen LogP contribution in [0.25, 0.3) is 64.0 Å². The molecule has 0 fully saturated rings. The molecule has 0 unspecified atom stereocenters. The average molecular weight is 811 g/mol. The van der Waals surface area contributed by atoms with Gasteiger partial charge in [0.1, 0.15) is 0 Å². The second-order valence-corrected chi connectivity index (χ2v) is 17.9. The lowest BCUT2D eigenvalue weighted by atomic mass is 9.82. The predicted molar refractivity (Wildman–Crippen MR) is 267 cm³/mol. The third-order valence-corrected chi connectivity index (χ3v) is 14.2. The van der Waals surface area contributed by atoms with Crippen molar-refractivity contribution in [3.63, 3.8) is 0 Å². The number of hydrogen-bond acceptors (Lipinski definition) is 3. The van der Waals surface area contributed by atoms with Gasteiger partial charge in [0.15, 0.2) is 0 Å². The highest BCUT2D eigenvalue weighted by molar-refractivity contribution is 7.27. The van der Waals surface area contributed by atoms with E-state index in [9.17, 15) is 0 Å². The molecular formula is C59H42N2S. The van der Waals surface area contributed by atoms with Crippen molar-refractivity contribution in [2.45, 2.75) is 19.3 Å². The van der Waals surface area contributed by atoms with E-state index in [0.717, 1.165) is 34.1 Å². The molecule has 0 saturated heterocycles. The van der Waals surface area contributed by atoms with Crippen molar-refractivity contribution in [1.29, 1.82) is 0 Å². The molecular weight excluding hydrogens is 769 g/mol. The number of nitrogens with zero attached hydrogens (tertiary/aromatic N) is 2. The maximum absolute atomic E-state index is 2.43. The molecule has 3 heteroatoms. The van der Waals surface area contributed by atoms with E-state index in [1.807, 2.05) is 11.3 Å². The van der Waals surface area contributed by atoms with Crippen LogP contribution in [0.2, 0.25) is 0 Å². The minimum absolute atomic E-state index is 0.0973. The molecule has 0 radical (unpaired) electrons. The summed E-state index contributed by atoms with van der Waals surface area (Å²) in [6.07, 6.45) is 0. The summed E-state index contributed by atoms with van der Waals surface area (Å²) in [6, 6.07) is 80.1. The Morgan fingerprint density at radius 3 is 1.66 bits per heavy atom. The standard InChI is InChI=1S/C59H42N2S/c1-59(2)53-28-16-14-26-47(53)48-33-30-43(37-54(48)59)60(40-20-8-4-9-21-40)42-31-34-50-52(36-42)46-25-12-13-27-49(46)57-51-35-32-44(38-56(51)62-58(50)57)61(41-22-10-5-11-23-41)55-29-17-15-24-45(55)39-18-6-3-7-19-39/h3-38H,1-2H3. The number of rotatable bonds is 7. The second-order valence-electron chi connectivity index (χ2n) is 16.9. The van der Waals surface area contributed by atoms with Crippen molar-refractivity contribution >= 4 is 87.2 Å². The smallest absolute Gasteiger partial charge is 0.0540 e. The summed E-state index contributed by atoms with van der Waals surface area (Å²) in [6.45, 7) is 4.72. The maximum atomic E-state index is 2.43. The van der Waals surface area contributed by atoms with Gasteiger partial charge in [0, 0.05) is 65.0 Å². The van der Waals surface area contributed by atoms with E-state index >= 15 is 0 Å². The lowest BCUT2D eigenvalue weighted by Gasteiger charge is -2.28. The Labute approximate surface area is 366 Å². The molecule has 0 aliphatic heterocycles. The molecule has 1 aliphatic carbocycles. The average Bonchev–Trinajstić information content (AvgIpc) is 3.82. The van der Waals surface area contributed by atoms with Gasteiger partial charge in [-0.2, -0.15) is 0 Å².